The molecule has 1 saturated heterocycles. The maximum atomic E-state index is 13.0. The number of nitriles is 1. The van der Waals surface area contributed by atoms with Gasteiger partial charge in [0, 0.05) is 12.6 Å². The summed E-state index contributed by atoms with van der Waals surface area (Å²) in [7, 11) is 0. The zero-order valence-electron chi connectivity index (χ0n) is 14.7. The molecular weight excluding hydrogens is 392 g/mol. The van der Waals surface area contributed by atoms with E-state index in [1.807, 2.05) is 0 Å². The van der Waals surface area contributed by atoms with E-state index in [4.69, 9.17) is 0 Å². The molecule has 0 bridgehead atoms. The molecule has 0 aliphatic carbocycles. The lowest BCUT2D eigenvalue weighted by Crippen LogP contribution is -2.37. The number of likely N-dealkylation sites (tertiary alicyclic amines) is 1. The van der Waals surface area contributed by atoms with Crippen LogP contribution in [-0.4, -0.2) is 39.6 Å². The number of benzene rings is 1. The van der Waals surface area contributed by atoms with Crippen LogP contribution in [0.15, 0.2) is 18.2 Å². The lowest BCUT2D eigenvalue weighted by atomic mass is 10.0. The third-order valence-electron chi connectivity index (χ3n) is 4.68. The van der Waals surface area contributed by atoms with Crippen molar-refractivity contribution in [3.05, 3.63) is 34.9 Å². The van der Waals surface area contributed by atoms with Crippen molar-refractivity contribution in [3.8, 4) is 6.19 Å². The van der Waals surface area contributed by atoms with Gasteiger partial charge in [-0.15, -0.1) is 0 Å². The average Bonchev–Trinajstić information content (AvgIpc) is 3.02. The van der Waals surface area contributed by atoms with Gasteiger partial charge in [0.15, 0.2) is 6.19 Å². The largest absolute Gasteiger partial charge is 0.465 e. The highest BCUT2D eigenvalue weighted by Gasteiger charge is 2.39. The van der Waals surface area contributed by atoms with Crippen molar-refractivity contribution in [1.29, 1.82) is 5.26 Å². The van der Waals surface area contributed by atoms with Crippen molar-refractivity contribution < 1.29 is 36.2 Å². The number of hydrogen-bond acceptors (Lipinski definition) is 3. The normalized spacial score (nSPS) is 20.1. The molecule has 11 heteroatoms. The van der Waals surface area contributed by atoms with Crippen LogP contribution >= 0.6 is 0 Å². The summed E-state index contributed by atoms with van der Waals surface area (Å²) in [6.45, 7) is 1.21. The maximum Gasteiger partial charge on any atom is 0.416 e. The Morgan fingerprint density at radius 1 is 1.21 bits per heavy atom. The number of halogens is 6. The number of carboxylic acid groups (broad SMARTS) is 1. The minimum atomic E-state index is -4.98. The van der Waals surface area contributed by atoms with E-state index in [0.717, 1.165) is 9.80 Å². The fourth-order valence-corrected chi connectivity index (χ4v) is 3.29. The molecule has 1 N–H and O–H groups in total. The number of alkyl halides is 6. The molecular formula is C17H17F6N3O2. The molecule has 1 aliphatic rings. The highest BCUT2D eigenvalue weighted by molar-refractivity contribution is 5.66. The Morgan fingerprint density at radius 3 is 2.11 bits per heavy atom. The monoisotopic (exact) mass is 409 g/mol. The molecule has 0 saturated carbocycles. The minimum absolute atomic E-state index is 0.0229. The number of nitrogens with zero attached hydrogens (tertiary/aromatic N) is 3. The second kappa shape index (κ2) is 7.77. The van der Waals surface area contributed by atoms with Gasteiger partial charge in [-0.3, -0.25) is 0 Å². The highest BCUT2D eigenvalue weighted by Crippen LogP contribution is 2.37. The number of amides is 1. The van der Waals surface area contributed by atoms with Gasteiger partial charge in [-0.05, 0) is 36.6 Å². The van der Waals surface area contributed by atoms with Gasteiger partial charge < -0.3 is 14.9 Å². The molecule has 0 unspecified atom stereocenters. The molecule has 5 nitrogen and oxygen atoms in total. The van der Waals surface area contributed by atoms with Gasteiger partial charge in [-0.25, -0.2) is 4.79 Å². The van der Waals surface area contributed by atoms with Crippen molar-refractivity contribution in [2.24, 2.45) is 0 Å². The van der Waals surface area contributed by atoms with Crippen molar-refractivity contribution in [3.63, 3.8) is 0 Å². The van der Waals surface area contributed by atoms with Crippen LogP contribution in [0.1, 0.15) is 36.5 Å². The van der Waals surface area contributed by atoms with Gasteiger partial charge in [0.25, 0.3) is 0 Å². The van der Waals surface area contributed by atoms with E-state index in [1.54, 1.807) is 13.1 Å². The first-order chi connectivity index (χ1) is 12.9. The summed E-state index contributed by atoms with van der Waals surface area (Å²) in [4.78, 5) is 13.4. The van der Waals surface area contributed by atoms with E-state index in [0.29, 0.717) is 18.6 Å². The topological polar surface area (TPSA) is 67.6 Å². The van der Waals surface area contributed by atoms with Crippen molar-refractivity contribution in [2.45, 2.75) is 50.7 Å². The minimum Gasteiger partial charge on any atom is -0.465 e. The zero-order chi connectivity index (χ0) is 21.3. The van der Waals surface area contributed by atoms with Crippen LogP contribution in [0.25, 0.3) is 0 Å². The second-order valence-electron chi connectivity index (χ2n) is 6.53. The Morgan fingerprint density at radius 2 is 1.75 bits per heavy atom. The molecule has 1 aliphatic heterocycles. The Labute approximate surface area is 156 Å². The molecule has 1 aromatic rings. The van der Waals surface area contributed by atoms with Gasteiger partial charge >= 0.3 is 18.4 Å². The Bertz CT molecular complexity index is 739. The van der Waals surface area contributed by atoms with E-state index in [-0.39, 0.29) is 30.6 Å². The van der Waals surface area contributed by atoms with Crippen molar-refractivity contribution in [2.75, 3.05) is 6.54 Å². The molecule has 0 radical (unpaired) electrons. The lowest BCUT2D eigenvalue weighted by Gasteiger charge is -2.24. The first-order valence-corrected chi connectivity index (χ1v) is 8.31. The van der Waals surface area contributed by atoms with E-state index in [2.05, 4.69) is 0 Å². The summed E-state index contributed by atoms with van der Waals surface area (Å²) in [6.07, 6.45) is -8.64. The maximum absolute atomic E-state index is 13.0. The second-order valence-corrected chi connectivity index (χ2v) is 6.53. The van der Waals surface area contributed by atoms with Crippen LogP contribution in [0.5, 0.6) is 0 Å². The summed E-state index contributed by atoms with van der Waals surface area (Å²) in [5.74, 6) is 0. The summed E-state index contributed by atoms with van der Waals surface area (Å²) in [5, 5.41) is 18.6. The fraction of sp³-hybridized carbons (Fsp3) is 0.529. The molecule has 2 rings (SSSR count). The molecule has 0 spiro atoms. The van der Waals surface area contributed by atoms with Gasteiger partial charge in [-0.2, -0.15) is 31.6 Å². The predicted octanol–water partition coefficient (Wildman–Crippen LogP) is 4.54. The Kier molecular flexibility index (Phi) is 6.01. The molecule has 28 heavy (non-hydrogen) atoms. The molecule has 1 fully saturated rings. The first kappa shape index (κ1) is 21.7. The van der Waals surface area contributed by atoms with Gasteiger partial charge in [0.2, 0.25) is 0 Å². The fourth-order valence-electron chi connectivity index (χ4n) is 3.29. The molecule has 0 aromatic heterocycles. The van der Waals surface area contributed by atoms with Crippen LogP contribution in [-0.2, 0) is 18.9 Å². The van der Waals surface area contributed by atoms with Crippen LogP contribution in [0.3, 0.4) is 0 Å². The quantitative estimate of drug-likeness (QED) is 0.451. The third kappa shape index (κ3) is 4.79. The zero-order valence-corrected chi connectivity index (χ0v) is 14.7. The van der Waals surface area contributed by atoms with Crippen LogP contribution in [0.2, 0.25) is 0 Å². The highest BCUT2D eigenvalue weighted by atomic mass is 19.4. The van der Waals surface area contributed by atoms with Crippen LogP contribution in [0, 0.1) is 11.5 Å². The molecule has 1 amide bonds. The Balaban J connectivity index is 2.32. The van der Waals surface area contributed by atoms with Gasteiger partial charge in [-0.1, -0.05) is 6.92 Å². The predicted molar refractivity (Wildman–Crippen MR) is 84.8 cm³/mol. The average molecular weight is 409 g/mol. The third-order valence-corrected chi connectivity index (χ3v) is 4.68. The molecule has 154 valence electrons. The van der Waals surface area contributed by atoms with E-state index >= 15 is 0 Å². The van der Waals surface area contributed by atoms with Crippen LogP contribution in [0.4, 0.5) is 31.1 Å². The van der Waals surface area contributed by atoms with Crippen molar-refractivity contribution >= 4 is 6.09 Å². The number of hydrogen-bond donors (Lipinski definition) is 1. The molecule has 2 atom stereocenters. The summed E-state index contributed by atoms with van der Waals surface area (Å²) in [5.41, 5.74) is -3.24. The standard InChI is InChI=1S/C17H17F6N3O2/c1-2-13-6-14(8-26(13)15(27)28)25(9-24)7-10-3-11(16(18,19)20)5-12(4-10)17(21,22)23/h3-5,13-14H,2,6-8H2,1H3,(H,27,28)/t13-,14+/m1/s1. The first-order valence-electron chi connectivity index (χ1n) is 8.31. The number of carbonyl (C=O) groups is 1. The lowest BCUT2D eigenvalue weighted by molar-refractivity contribution is -0.143. The van der Waals surface area contributed by atoms with E-state index < -0.39 is 42.2 Å². The van der Waals surface area contributed by atoms with E-state index in [9.17, 15) is 41.5 Å². The SMILES string of the molecule is CC[C@@H]1C[C@H](N(C#N)Cc2cc(C(F)(F)F)cc(C(F)(F)F)c2)CN1C(=O)O. The summed E-state index contributed by atoms with van der Waals surface area (Å²) in [6, 6.07) is 0.164. The van der Waals surface area contributed by atoms with Crippen LogP contribution < -0.4 is 0 Å². The van der Waals surface area contributed by atoms with Crippen molar-refractivity contribution in [1.82, 2.24) is 9.80 Å². The summed E-state index contributed by atoms with van der Waals surface area (Å²) < 4.78 is 77.9. The van der Waals surface area contributed by atoms with Gasteiger partial charge in [0.1, 0.15) is 0 Å². The van der Waals surface area contributed by atoms with Gasteiger partial charge in [0.05, 0.1) is 23.7 Å². The molecule has 1 aromatic carbocycles. The number of rotatable bonds is 4. The summed E-state index contributed by atoms with van der Waals surface area (Å²) >= 11 is 0. The smallest absolute Gasteiger partial charge is 0.416 e. The molecule has 1 heterocycles. The van der Waals surface area contributed by atoms with E-state index in [1.165, 1.54) is 0 Å². The Hall–Kier alpha value is -2.64.